The van der Waals surface area contributed by atoms with Crippen molar-refractivity contribution in [3.8, 4) is 11.5 Å². The van der Waals surface area contributed by atoms with Gasteiger partial charge in [-0.15, -0.1) is 10.2 Å². The molecule has 0 saturated carbocycles. The van der Waals surface area contributed by atoms with Crippen molar-refractivity contribution in [1.29, 1.82) is 0 Å². The van der Waals surface area contributed by atoms with Gasteiger partial charge in [-0.3, -0.25) is 0 Å². The third-order valence-electron chi connectivity index (χ3n) is 2.96. The third kappa shape index (κ3) is 3.20. The first-order chi connectivity index (χ1) is 10.2. The van der Waals surface area contributed by atoms with Gasteiger partial charge in [0.1, 0.15) is 0 Å². The van der Waals surface area contributed by atoms with E-state index in [-0.39, 0.29) is 0 Å². The molecule has 1 aromatic heterocycles. The van der Waals surface area contributed by atoms with Gasteiger partial charge < -0.3 is 4.42 Å². The summed E-state index contributed by atoms with van der Waals surface area (Å²) >= 11 is 0. The highest BCUT2D eigenvalue weighted by atomic mass is 16.4. The van der Waals surface area contributed by atoms with E-state index in [1.165, 1.54) is 5.56 Å². The number of benzene rings is 2. The predicted molar refractivity (Wildman–Crippen MR) is 79.8 cm³/mol. The Balaban J connectivity index is 1.76. The molecule has 0 aliphatic heterocycles. The highest BCUT2D eigenvalue weighted by Crippen LogP contribution is 2.23. The monoisotopic (exact) mass is 278 g/mol. The van der Waals surface area contributed by atoms with Crippen molar-refractivity contribution in [1.82, 2.24) is 10.2 Å². The van der Waals surface area contributed by atoms with Gasteiger partial charge in [0.2, 0.25) is 11.8 Å². The minimum Gasteiger partial charge on any atom is -0.421 e. The summed E-state index contributed by atoms with van der Waals surface area (Å²) in [6.45, 7) is 3.81. The number of nitrogens with zero attached hydrogens (tertiary/aromatic N) is 4. The van der Waals surface area contributed by atoms with Gasteiger partial charge in [0, 0.05) is 12.5 Å². The van der Waals surface area contributed by atoms with Crippen LogP contribution in [0.1, 0.15) is 11.5 Å². The molecular weight excluding hydrogens is 264 g/mol. The van der Waals surface area contributed by atoms with Crippen LogP contribution in [0.25, 0.3) is 11.5 Å². The SMILES string of the molecule is Cc1ccc(N=Nc2ccc(-c3nnc(C)o3)cc2)cc1. The van der Waals surface area contributed by atoms with Gasteiger partial charge in [0.15, 0.2) is 0 Å². The Bertz CT molecular complexity index is 758. The van der Waals surface area contributed by atoms with Crippen LogP contribution in [0, 0.1) is 13.8 Å². The van der Waals surface area contributed by atoms with Crippen LogP contribution >= 0.6 is 0 Å². The second kappa shape index (κ2) is 5.66. The van der Waals surface area contributed by atoms with Crippen molar-refractivity contribution in [2.75, 3.05) is 0 Å². The lowest BCUT2D eigenvalue weighted by Crippen LogP contribution is -1.76. The second-order valence-corrected chi connectivity index (χ2v) is 4.71. The fourth-order valence-electron chi connectivity index (χ4n) is 1.81. The summed E-state index contributed by atoms with van der Waals surface area (Å²) in [4.78, 5) is 0. The van der Waals surface area contributed by atoms with Crippen LogP contribution in [-0.4, -0.2) is 10.2 Å². The van der Waals surface area contributed by atoms with E-state index in [4.69, 9.17) is 4.42 Å². The second-order valence-electron chi connectivity index (χ2n) is 4.71. The number of aromatic nitrogens is 2. The van der Waals surface area contributed by atoms with Gasteiger partial charge in [0.25, 0.3) is 0 Å². The lowest BCUT2D eigenvalue weighted by atomic mass is 10.2. The molecular formula is C16H14N4O. The van der Waals surface area contributed by atoms with E-state index in [2.05, 4.69) is 20.4 Å². The summed E-state index contributed by atoms with van der Waals surface area (Å²) in [5.74, 6) is 1.06. The molecule has 104 valence electrons. The Labute approximate surface area is 122 Å². The van der Waals surface area contributed by atoms with E-state index in [1.807, 2.05) is 55.5 Å². The lowest BCUT2D eigenvalue weighted by Gasteiger charge is -1.96. The molecule has 3 aromatic rings. The molecule has 21 heavy (non-hydrogen) atoms. The Morgan fingerprint density at radius 3 is 1.86 bits per heavy atom. The summed E-state index contributed by atoms with van der Waals surface area (Å²) < 4.78 is 5.37. The molecule has 0 atom stereocenters. The van der Waals surface area contributed by atoms with Crippen LogP contribution in [0.15, 0.2) is 63.2 Å². The summed E-state index contributed by atoms with van der Waals surface area (Å²) in [6, 6.07) is 15.4. The van der Waals surface area contributed by atoms with E-state index < -0.39 is 0 Å². The summed E-state index contributed by atoms with van der Waals surface area (Å²) in [6.07, 6.45) is 0. The predicted octanol–water partition coefficient (Wildman–Crippen LogP) is 4.77. The summed E-state index contributed by atoms with van der Waals surface area (Å²) in [5.41, 5.74) is 3.67. The molecule has 0 unspecified atom stereocenters. The number of rotatable bonds is 3. The first-order valence-electron chi connectivity index (χ1n) is 6.60. The minimum atomic E-state index is 0.509. The van der Waals surface area contributed by atoms with Gasteiger partial charge in [-0.05, 0) is 43.3 Å². The molecule has 0 aliphatic carbocycles. The van der Waals surface area contributed by atoms with E-state index in [0.717, 1.165) is 16.9 Å². The molecule has 1 heterocycles. The largest absolute Gasteiger partial charge is 0.421 e. The maximum absolute atomic E-state index is 5.37. The first kappa shape index (κ1) is 13.2. The molecule has 0 aliphatic rings. The van der Waals surface area contributed by atoms with Crippen LogP contribution in [0.2, 0.25) is 0 Å². The average Bonchev–Trinajstić information content (AvgIpc) is 2.94. The number of hydrogen-bond acceptors (Lipinski definition) is 5. The number of aryl methyl sites for hydroxylation is 2. The highest BCUT2D eigenvalue weighted by Gasteiger charge is 2.05. The van der Waals surface area contributed by atoms with E-state index >= 15 is 0 Å². The van der Waals surface area contributed by atoms with Gasteiger partial charge in [0.05, 0.1) is 11.4 Å². The van der Waals surface area contributed by atoms with Crippen molar-refractivity contribution >= 4 is 11.4 Å². The summed E-state index contributed by atoms with van der Waals surface area (Å²) in [7, 11) is 0. The van der Waals surface area contributed by atoms with Crippen LogP contribution < -0.4 is 0 Å². The highest BCUT2D eigenvalue weighted by molar-refractivity contribution is 5.56. The zero-order valence-corrected chi connectivity index (χ0v) is 11.8. The van der Waals surface area contributed by atoms with Gasteiger partial charge in [-0.25, -0.2) is 0 Å². The van der Waals surface area contributed by atoms with Crippen molar-refractivity contribution < 1.29 is 4.42 Å². The van der Waals surface area contributed by atoms with E-state index in [9.17, 15) is 0 Å². The lowest BCUT2D eigenvalue weighted by molar-refractivity contribution is 0.533. The normalized spacial score (nSPS) is 11.1. The quantitative estimate of drug-likeness (QED) is 0.648. The van der Waals surface area contributed by atoms with Crippen LogP contribution in [-0.2, 0) is 0 Å². The molecule has 0 amide bonds. The van der Waals surface area contributed by atoms with Crippen LogP contribution in [0.4, 0.5) is 11.4 Å². The Morgan fingerprint density at radius 1 is 0.762 bits per heavy atom. The van der Waals surface area contributed by atoms with Crippen molar-refractivity contribution in [2.45, 2.75) is 13.8 Å². The maximum Gasteiger partial charge on any atom is 0.247 e. The average molecular weight is 278 g/mol. The zero-order valence-electron chi connectivity index (χ0n) is 11.8. The third-order valence-corrected chi connectivity index (χ3v) is 2.96. The van der Waals surface area contributed by atoms with Crippen LogP contribution in [0.5, 0.6) is 0 Å². The molecule has 0 radical (unpaired) electrons. The minimum absolute atomic E-state index is 0.509. The van der Waals surface area contributed by atoms with Crippen molar-refractivity contribution in [3.63, 3.8) is 0 Å². The van der Waals surface area contributed by atoms with E-state index in [0.29, 0.717) is 11.8 Å². The molecule has 5 nitrogen and oxygen atoms in total. The van der Waals surface area contributed by atoms with Gasteiger partial charge in [-0.2, -0.15) is 10.2 Å². The molecule has 0 bridgehead atoms. The summed E-state index contributed by atoms with van der Waals surface area (Å²) in [5, 5.41) is 16.2. The molecule has 0 spiro atoms. The zero-order chi connectivity index (χ0) is 14.7. The fraction of sp³-hybridized carbons (Fsp3) is 0.125. The topological polar surface area (TPSA) is 63.6 Å². The molecule has 0 N–H and O–H groups in total. The molecule has 3 rings (SSSR count). The Kier molecular flexibility index (Phi) is 3.55. The van der Waals surface area contributed by atoms with Gasteiger partial charge in [-0.1, -0.05) is 17.7 Å². The standard InChI is InChI=1S/C16H14N4O/c1-11-3-7-14(8-4-11)18-19-15-9-5-13(6-10-15)16-20-17-12(2)21-16/h3-10H,1-2H3. The molecule has 2 aromatic carbocycles. The van der Waals surface area contributed by atoms with Crippen molar-refractivity contribution in [2.24, 2.45) is 10.2 Å². The fourth-order valence-corrected chi connectivity index (χ4v) is 1.81. The smallest absolute Gasteiger partial charge is 0.247 e. The number of hydrogen-bond donors (Lipinski definition) is 0. The van der Waals surface area contributed by atoms with E-state index in [1.54, 1.807) is 6.92 Å². The molecule has 0 fully saturated rings. The Morgan fingerprint density at radius 2 is 1.33 bits per heavy atom. The van der Waals surface area contributed by atoms with Crippen molar-refractivity contribution in [3.05, 3.63) is 60.0 Å². The van der Waals surface area contributed by atoms with Crippen LogP contribution in [0.3, 0.4) is 0 Å². The maximum atomic E-state index is 5.37. The number of azo groups is 1. The first-order valence-corrected chi connectivity index (χ1v) is 6.60. The van der Waals surface area contributed by atoms with Gasteiger partial charge >= 0.3 is 0 Å². The molecule has 0 saturated heterocycles. The Hall–Kier alpha value is -2.82. The molecule has 5 heteroatoms.